The fourth-order valence-corrected chi connectivity index (χ4v) is 5.04. The van der Waals surface area contributed by atoms with Crippen molar-refractivity contribution < 1.29 is 18.8 Å². The second kappa shape index (κ2) is 14.9. The Bertz CT molecular complexity index is 712. The van der Waals surface area contributed by atoms with Crippen molar-refractivity contribution in [1.29, 1.82) is 0 Å². The monoisotopic (exact) mass is 486 g/mol. The van der Waals surface area contributed by atoms with Crippen LogP contribution in [0, 0.1) is 0 Å². The van der Waals surface area contributed by atoms with E-state index in [0.29, 0.717) is 12.5 Å². The molecule has 0 N–H and O–H groups in total. The van der Waals surface area contributed by atoms with Gasteiger partial charge in [-0.25, -0.2) is 4.79 Å². The first kappa shape index (κ1) is 27.1. The summed E-state index contributed by atoms with van der Waals surface area (Å²) in [5.41, 5.74) is 1.35. The molecule has 0 aromatic carbocycles. The van der Waals surface area contributed by atoms with Crippen molar-refractivity contribution in [2.24, 2.45) is 0 Å². The Hall–Kier alpha value is -1.18. The summed E-state index contributed by atoms with van der Waals surface area (Å²) in [6.07, 6.45) is 14.5. The second-order valence-electron chi connectivity index (χ2n) is 9.21. The summed E-state index contributed by atoms with van der Waals surface area (Å²) in [6, 6.07) is 0. The zero-order valence-electron chi connectivity index (χ0n) is 20.1. The first-order chi connectivity index (χ1) is 15.5. The SMILES string of the molecule is CCCCCCCC(C[N+]1(C)CCC=C(c2nsnc2OCCCCCC)C1)OC(=O)Cl. The Morgan fingerprint density at radius 2 is 1.84 bits per heavy atom. The number of likely N-dealkylation sites (N-methyl/N-ethyl adjacent to an activating group) is 1. The van der Waals surface area contributed by atoms with E-state index in [2.05, 4.69) is 35.7 Å². The Labute approximate surface area is 203 Å². The van der Waals surface area contributed by atoms with E-state index in [4.69, 9.17) is 21.1 Å². The Morgan fingerprint density at radius 3 is 2.56 bits per heavy atom. The molecule has 2 heterocycles. The Morgan fingerprint density at radius 1 is 1.12 bits per heavy atom. The maximum absolute atomic E-state index is 11.5. The molecule has 0 radical (unpaired) electrons. The van der Waals surface area contributed by atoms with Gasteiger partial charge in [0.1, 0.15) is 18.8 Å². The molecule has 1 aromatic heterocycles. The van der Waals surface area contributed by atoms with Gasteiger partial charge in [0.25, 0.3) is 5.88 Å². The molecule has 32 heavy (non-hydrogen) atoms. The van der Waals surface area contributed by atoms with E-state index >= 15 is 0 Å². The summed E-state index contributed by atoms with van der Waals surface area (Å²) in [7, 11) is 2.23. The molecule has 1 aliphatic rings. The van der Waals surface area contributed by atoms with E-state index in [1.165, 1.54) is 62.2 Å². The van der Waals surface area contributed by atoms with Crippen molar-refractivity contribution in [3.05, 3.63) is 11.8 Å². The van der Waals surface area contributed by atoms with Gasteiger partial charge in [0.2, 0.25) is 0 Å². The third-order valence-corrected chi connectivity index (χ3v) is 6.75. The van der Waals surface area contributed by atoms with Crippen molar-refractivity contribution in [2.75, 3.05) is 33.3 Å². The van der Waals surface area contributed by atoms with Gasteiger partial charge < -0.3 is 14.0 Å². The number of unbranched alkanes of at least 4 members (excludes halogenated alkanes) is 7. The lowest BCUT2D eigenvalue weighted by Gasteiger charge is -2.39. The van der Waals surface area contributed by atoms with Crippen LogP contribution in [-0.2, 0) is 4.74 Å². The normalized spacial score (nSPS) is 19.4. The van der Waals surface area contributed by atoms with Crippen LogP contribution >= 0.6 is 23.3 Å². The minimum Gasteiger partial charge on any atom is -0.475 e. The first-order valence-electron chi connectivity index (χ1n) is 12.3. The van der Waals surface area contributed by atoms with Gasteiger partial charge in [0.05, 0.1) is 31.9 Å². The van der Waals surface area contributed by atoms with Gasteiger partial charge in [-0.2, -0.15) is 4.37 Å². The summed E-state index contributed by atoms with van der Waals surface area (Å²) in [4.78, 5) is 11.5. The third-order valence-electron chi connectivity index (χ3n) is 6.14. The summed E-state index contributed by atoms with van der Waals surface area (Å²) in [5.74, 6) is 0.658. The van der Waals surface area contributed by atoms with Crippen LogP contribution in [0.1, 0.15) is 90.2 Å². The number of carbonyl (C=O) groups excluding carboxylic acids is 1. The van der Waals surface area contributed by atoms with Crippen molar-refractivity contribution in [3.8, 4) is 5.88 Å². The van der Waals surface area contributed by atoms with E-state index in [1.54, 1.807) is 0 Å². The highest BCUT2D eigenvalue weighted by Gasteiger charge is 2.33. The molecule has 6 nitrogen and oxygen atoms in total. The number of aromatic nitrogens is 2. The van der Waals surface area contributed by atoms with Crippen molar-refractivity contribution in [3.63, 3.8) is 0 Å². The van der Waals surface area contributed by atoms with Gasteiger partial charge >= 0.3 is 5.43 Å². The van der Waals surface area contributed by atoms with Gasteiger partial charge in [0.15, 0.2) is 6.10 Å². The van der Waals surface area contributed by atoms with E-state index in [1.807, 2.05) is 0 Å². The lowest BCUT2D eigenvalue weighted by molar-refractivity contribution is -0.906. The largest absolute Gasteiger partial charge is 0.475 e. The molecular weight excluding hydrogens is 446 g/mol. The number of carbonyl (C=O) groups is 1. The number of hydrogen-bond donors (Lipinski definition) is 0. The first-order valence-corrected chi connectivity index (χ1v) is 13.4. The van der Waals surface area contributed by atoms with Gasteiger partial charge in [-0.05, 0) is 19.3 Å². The van der Waals surface area contributed by atoms with Gasteiger partial charge in [0, 0.05) is 23.6 Å². The predicted molar refractivity (Wildman–Crippen MR) is 132 cm³/mol. The molecule has 182 valence electrons. The molecule has 2 rings (SSSR count). The van der Waals surface area contributed by atoms with E-state index in [0.717, 1.165) is 55.5 Å². The summed E-state index contributed by atoms with van der Waals surface area (Å²) >= 11 is 6.80. The number of quaternary nitrogens is 1. The molecule has 0 bridgehead atoms. The number of ether oxygens (including phenoxy) is 2. The van der Waals surface area contributed by atoms with E-state index < -0.39 is 5.43 Å². The Kier molecular flexibility index (Phi) is 12.6. The zero-order valence-corrected chi connectivity index (χ0v) is 21.7. The molecule has 0 amide bonds. The van der Waals surface area contributed by atoms with Crippen LogP contribution in [-0.4, -0.2) is 58.1 Å². The van der Waals surface area contributed by atoms with Crippen LogP contribution in [0.4, 0.5) is 4.79 Å². The standard InChI is InChI=1S/C24H41ClN3O3S/c1-4-6-8-10-11-15-21(31-24(25)29)19-28(3)16-13-14-20(18-28)22-23(27-32-26-22)30-17-12-9-7-5-2/h14,21H,4-13,15-19H2,1-3H3/q+1. The lowest BCUT2D eigenvalue weighted by atomic mass is 10.0. The minimum atomic E-state index is -0.703. The quantitative estimate of drug-likeness (QED) is 0.145. The van der Waals surface area contributed by atoms with Crippen LogP contribution in [0.25, 0.3) is 5.57 Å². The number of rotatable bonds is 16. The molecule has 2 unspecified atom stereocenters. The highest BCUT2D eigenvalue weighted by Crippen LogP contribution is 2.31. The topological polar surface area (TPSA) is 61.3 Å². The maximum Gasteiger partial charge on any atom is 0.404 e. The van der Waals surface area contributed by atoms with Crippen molar-refractivity contribution >= 4 is 34.3 Å². The summed E-state index contributed by atoms with van der Waals surface area (Å²) in [6.45, 7) is 7.69. The van der Waals surface area contributed by atoms with E-state index in [9.17, 15) is 4.79 Å². The van der Waals surface area contributed by atoms with Gasteiger partial charge in [-0.15, -0.1) is 4.37 Å². The molecule has 0 fully saturated rings. The molecule has 0 spiro atoms. The fourth-order valence-electron chi connectivity index (χ4n) is 4.39. The molecule has 0 aliphatic carbocycles. The lowest BCUT2D eigenvalue weighted by Crippen LogP contribution is -2.52. The zero-order chi connectivity index (χ0) is 23.2. The highest BCUT2D eigenvalue weighted by atomic mass is 35.5. The van der Waals surface area contributed by atoms with Crippen LogP contribution in [0.15, 0.2) is 6.08 Å². The van der Waals surface area contributed by atoms with Crippen molar-refractivity contribution in [2.45, 2.75) is 90.6 Å². The summed E-state index contributed by atoms with van der Waals surface area (Å²) < 4.78 is 21.2. The molecule has 1 aliphatic heterocycles. The average molecular weight is 487 g/mol. The third kappa shape index (κ3) is 9.75. The predicted octanol–water partition coefficient (Wildman–Crippen LogP) is 6.84. The van der Waals surface area contributed by atoms with Crippen LogP contribution in [0.5, 0.6) is 5.88 Å². The smallest absolute Gasteiger partial charge is 0.404 e. The molecule has 2 atom stereocenters. The van der Waals surface area contributed by atoms with Gasteiger partial charge in [-0.1, -0.05) is 64.9 Å². The molecular formula is C24H41ClN3O3S+. The van der Waals surface area contributed by atoms with Gasteiger partial charge in [-0.3, -0.25) is 0 Å². The summed E-state index contributed by atoms with van der Waals surface area (Å²) in [5, 5.41) is 0. The van der Waals surface area contributed by atoms with E-state index in [-0.39, 0.29) is 6.10 Å². The highest BCUT2D eigenvalue weighted by molar-refractivity contribution is 6.99. The molecule has 0 saturated carbocycles. The number of halogens is 1. The van der Waals surface area contributed by atoms with Crippen molar-refractivity contribution in [1.82, 2.24) is 8.75 Å². The van der Waals surface area contributed by atoms with Crippen LogP contribution in [0.3, 0.4) is 0 Å². The van der Waals surface area contributed by atoms with Crippen LogP contribution < -0.4 is 4.74 Å². The van der Waals surface area contributed by atoms with Crippen LogP contribution in [0.2, 0.25) is 0 Å². The molecule has 0 saturated heterocycles. The second-order valence-corrected chi connectivity index (χ2v) is 10.0. The molecule has 8 heteroatoms. The molecule has 1 aromatic rings. The fraction of sp³-hybridized carbons (Fsp3) is 0.792. The number of hydrogen-bond acceptors (Lipinski definition) is 6. The Balaban J connectivity index is 1.94. The number of nitrogens with zero attached hydrogens (tertiary/aromatic N) is 3. The maximum atomic E-state index is 11.5. The average Bonchev–Trinajstić information content (AvgIpc) is 3.21. The minimum absolute atomic E-state index is 0.158.